The lowest BCUT2D eigenvalue weighted by Gasteiger charge is -2.11. The van der Waals surface area contributed by atoms with Gasteiger partial charge in [0, 0.05) is 36.7 Å². The van der Waals surface area contributed by atoms with E-state index >= 15 is 0 Å². The van der Waals surface area contributed by atoms with E-state index in [1.54, 1.807) is 16.7 Å². The molecule has 4 rings (SSSR count). The van der Waals surface area contributed by atoms with Gasteiger partial charge in [-0.2, -0.15) is 13.2 Å². The number of carbonyl (C=O) groups excluding carboxylic acids is 1. The summed E-state index contributed by atoms with van der Waals surface area (Å²) >= 11 is 1.12. The van der Waals surface area contributed by atoms with Crippen molar-refractivity contribution in [2.45, 2.75) is 17.8 Å². The van der Waals surface area contributed by atoms with Crippen LogP contribution < -0.4 is 5.32 Å². The van der Waals surface area contributed by atoms with Crippen LogP contribution in [0, 0.1) is 5.82 Å². The van der Waals surface area contributed by atoms with Gasteiger partial charge in [-0.3, -0.25) is 9.36 Å². The first-order chi connectivity index (χ1) is 16.2. The summed E-state index contributed by atoms with van der Waals surface area (Å²) in [5.74, 6) is -0.239. The third-order valence-corrected chi connectivity index (χ3v) is 5.93. The molecule has 11 heteroatoms. The summed E-state index contributed by atoms with van der Waals surface area (Å²) in [5.41, 5.74) is 1.09. The number of hydrogen-bond donors (Lipinski definition) is 1. The smallest absolute Gasteiger partial charge is 0.354 e. The van der Waals surface area contributed by atoms with Crippen molar-refractivity contribution in [3.8, 4) is 5.69 Å². The molecular weight excluding hydrogens is 470 g/mol. The lowest BCUT2D eigenvalue weighted by molar-refractivity contribution is -0.137. The SMILES string of the molecule is Cn1cccc1Cc1nnc(SCC(=O)Nc2ccc(C(F)(F)F)cc2)n1-c1ccc(F)cc1. The molecule has 1 N–H and O–H groups in total. The Morgan fingerprint density at radius 2 is 1.74 bits per heavy atom. The highest BCUT2D eigenvalue weighted by atomic mass is 32.2. The van der Waals surface area contributed by atoms with Gasteiger partial charge in [0.1, 0.15) is 11.6 Å². The van der Waals surface area contributed by atoms with E-state index in [4.69, 9.17) is 0 Å². The summed E-state index contributed by atoms with van der Waals surface area (Å²) in [6.45, 7) is 0. The average molecular weight is 489 g/mol. The first-order valence-corrected chi connectivity index (χ1v) is 11.1. The van der Waals surface area contributed by atoms with E-state index in [2.05, 4.69) is 15.5 Å². The van der Waals surface area contributed by atoms with E-state index in [1.165, 1.54) is 24.3 Å². The molecule has 0 unspecified atom stereocenters. The van der Waals surface area contributed by atoms with Crippen LogP contribution in [0.25, 0.3) is 5.69 Å². The van der Waals surface area contributed by atoms with Gasteiger partial charge in [0.2, 0.25) is 5.91 Å². The van der Waals surface area contributed by atoms with Gasteiger partial charge in [0.15, 0.2) is 5.16 Å². The van der Waals surface area contributed by atoms with Gasteiger partial charge in [0.25, 0.3) is 0 Å². The summed E-state index contributed by atoms with van der Waals surface area (Å²) in [5, 5.41) is 11.5. The van der Waals surface area contributed by atoms with E-state index in [-0.39, 0.29) is 17.3 Å². The summed E-state index contributed by atoms with van der Waals surface area (Å²) in [6.07, 6.45) is -2.07. The number of carbonyl (C=O) groups is 1. The van der Waals surface area contributed by atoms with E-state index in [0.717, 1.165) is 29.6 Å². The number of rotatable bonds is 7. The summed E-state index contributed by atoms with van der Waals surface area (Å²) in [4.78, 5) is 12.4. The van der Waals surface area contributed by atoms with Crippen LogP contribution in [0.15, 0.2) is 72.0 Å². The van der Waals surface area contributed by atoms with Crippen molar-refractivity contribution in [1.29, 1.82) is 0 Å². The molecule has 0 saturated heterocycles. The van der Waals surface area contributed by atoms with Crippen LogP contribution in [0.1, 0.15) is 17.1 Å². The lowest BCUT2D eigenvalue weighted by atomic mass is 10.2. The Morgan fingerprint density at radius 1 is 1.03 bits per heavy atom. The number of hydrogen-bond acceptors (Lipinski definition) is 4. The molecule has 0 radical (unpaired) electrons. The maximum absolute atomic E-state index is 13.5. The molecule has 0 fully saturated rings. The average Bonchev–Trinajstić information content (AvgIpc) is 3.39. The third-order valence-electron chi connectivity index (χ3n) is 5.00. The Morgan fingerprint density at radius 3 is 2.35 bits per heavy atom. The van der Waals surface area contributed by atoms with Gasteiger partial charge in [-0.25, -0.2) is 4.39 Å². The number of benzene rings is 2. The van der Waals surface area contributed by atoms with Crippen LogP contribution in [0.3, 0.4) is 0 Å². The Kier molecular flexibility index (Phi) is 6.73. The van der Waals surface area contributed by atoms with Crippen molar-refractivity contribution in [3.63, 3.8) is 0 Å². The van der Waals surface area contributed by atoms with Gasteiger partial charge in [0.05, 0.1) is 11.3 Å². The molecule has 0 atom stereocenters. The molecule has 34 heavy (non-hydrogen) atoms. The highest BCUT2D eigenvalue weighted by Crippen LogP contribution is 2.30. The Balaban J connectivity index is 1.50. The van der Waals surface area contributed by atoms with Gasteiger partial charge in [-0.05, 0) is 60.7 Å². The van der Waals surface area contributed by atoms with Crippen LogP contribution in [0.2, 0.25) is 0 Å². The Hall–Kier alpha value is -3.60. The van der Waals surface area contributed by atoms with Gasteiger partial charge in [-0.1, -0.05) is 11.8 Å². The molecule has 0 aliphatic carbocycles. The van der Waals surface area contributed by atoms with E-state index in [1.807, 2.05) is 29.9 Å². The van der Waals surface area contributed by atoms with E-state index in [0.29, 0.717) is 23.1 Å². The van der Waals surface area contributed by atoms with E-state index < -0.39 is 17.6 Å². The molecule has 0 aliphatic rings. The molecule has 0 saturated carbocycles. The van der Waals surface area contributed by atoms with Crippen LogP contribution in [-0.4, -0.2) is 31.0 Å². The van der Waals surface area contributed by atoms with Crippen molar-refractivity contribution in [2.75, 3.05) is 11.1 Å². The topological polar surface area (TPSA) is 64.7 Å². The predicted molar refractivity (Wildman–Crippen MR) is 120 cm³/mol. The number of aromatic nitrogens is 4. The van der Waals surface area contributed by atoms with Gasteiger partial charge >= 0.3 is 6.18 Å². The zero-order chi connectivity index (χ0) is 24.3. The summed E-state index contributed by atoms with van der Waals surface area (Å²) in [7, 11) is 1.91. The number of alkyl halides is 3. The van der Waals surface area contributed by atoms with Crippen molar-refractivity contribution in [2.24, 2.45) is 7.05 Å². The molecule has 2 aromatic heterocycles. The summed E-state index contributed by atoms with van der Waals surface area (Å²) < 4.78 is 55.3. The second-order valence-electron chi connectivity index (χ2n) is 7.41. The number of amides is 1. The second kappa shape index (κ2) is 9.72. The minimum absolute atomic E-state index is 0.0511. The highest BCUT2D eigenvalue weighted by molar-refractivity contribution is 7.99. The zero-order valence-electron chi connectivity index (χ0n) is 17.9. The maximum Gasteiger partial charge on any atom is 0.416 e. The quantitative estimate of drug-likeness (QED) is 0.290. The molecule has 6 nitrogen and oxygen atoms in total. The molecule has 0 bridgehead atoms. The van der Waals surface area contributed by atoms with Gasteiger partial charge in [-0.15, -0.1) is 10.2 Å². The molecular formula is C23H19F4N5OS. The third kappa shape index (κ3) is 5.48. The molecule has 0 aliphatic heterocycles. The van der Waals surface area contributed by atoms with Crippen molar-refractivity contribution >= 4 is 23.4 Å². The number of thioether (sulfide) groups is 1. The minimum atomic E-state index is -4.44. The molecule has 2 aromatic carbocycles. The van der Waals surface area contributed by atoms with Crippen LogP contribution in [0.4, 0.5) is 23.2 Å². The number of anilines is 1. The molecule has 176 valence electrons. The predicted octanol–water partition coefficient (Wildman–Crippen LogP) is 5.09. The lowest BCUT2D eigenvalue weighted by Crippen LogP contribution is -2.15. The fourth-order valence-electron chi connectivity index (χ4n) is 3.27. The number of halogens is 4. The first-order valence-electron chi connectivity index (χ1n) is 10.1. The van der Waals surface area contributed by atoms with Crippen molar-refractivity contribution in [3.05, 3.63) is 89.8 Å². The number of nitrogens with zero attached hydrogens (tertiary/aromatic N) is 4. The molecule has 0 spiro atoms. The summed E-state index contributed by atoms with van der Waals surface area (Å²) in [6, 6.07) is 13.9. The van der Waals surface area contributed by atoms with Crippen molar-refractivity contribution < 1.29 is 22.4 Å². The van der Waals surface area contributed by atoms with E-state index in [9.17, 15) is 22.4 Å². The first kappa shape index (κ1) is 23.6. The fourth-order valence-corrected chi connectivity index (χ4v) is 4.04. The standard InChI is InChI=1S/C23H19F4N5OS/c1-31-12-2-3-19(31)13-20-29-30-22(32(20)18-10-6-16(24)7-11-18)34-14-21(33)28-17-8-4-15(5-9-17)23(25,26)27/h2-12H,13-14H2,1H3,(H,28,33). The van der Waals surface area contributed by atoms with Crippen LogP contribution in [-0.2, 0) is 24.4 Å². The molecule has 1 amide bonds. The number of aryl methyl sites for hydroxylation is 1. The molecule has 4 aromatic rings. The zero-order valence-corrected chi connectivity index (χ0v) is 18.7. The normalized spacial score (nSPS) is 11.6. The second-order valence-corrected chi connectivity index (χ2v) is 8.35. The maximum atomic E-state index is 13.5. The number of nitrogens with one attached hydrogen (secondary N) is 1. The largest absolute Gasteiger partial charge is 0.416 e. The van der Waals surface area contributed by atoms with Crippen molar-refractivity contribution in [1.82, 2.24) is 19.3 Å². The minimum Gasteiger partial charge on any atom is -0.354 e. The molecule has 2 heterocycles. The Labute approximate surface area is 196 Å². The highest BCUT2D eigenvalue weighted by Gasteiger charge is 2.30. The fraction of sp³-hybridized carbons (Fsp3) is 0.174. The van der Waals surface area contributed by atoms with Crippen LogP contribution in [0.5, 0.6) is 0 Å². The van der Waals surface area contributed by atoms with Crippen LogP contribution >= 0.6 is 11.8 Å². The van der Waals surface area contributed by atoms with Gasteiger partial charge < -0.3 is 9.88 Å². The Bertz CT molecular complexity index is 1280. The monoisotopic (exact) mass is 489 g/mol.